The summed E-state index contributed by atoms with van der Waals surface area (Å²) in [6.45, 7) is 0. The summed E-state index contributed by atoms with van der Waals surface area (Å²) in [5, 5.41) is 3.10. The van der Waals surface area contributed by atoms with E-state index in [1.807, 2.05) is 12.1 Å². The van der Waals surface area contributed by atoms with E-state index in [-0.39, 0.29) is 6.04 Å². The molecule has 2 rings (SSSR count). The Hall–Kier alpha value is -1.33. The number of halogens is 3. The highest BCUT2D eigenvalue weighted by Gasteiger charge is 2.16. The van der Waals surface area contributed by atoms with E-state index in [0.717, 1.165) is 16.2 Å². The summed E-state index contributed by atoms with van der Waals surface area (Å²) in [4.78, 5) is 4.29. The van der Waals surface area contributed by atoms with E-state index in [2.05, 4.69) is 26.2 Å². The van der Waals surface area contributed by atoms with Crippen molar-refractivity contribution in [1.82, 2.24) is 10.3 Å². The molecule has 1 atom stereocenters. The minimum Gasteiger partial charge on any atom is -0.311 e. The molecule has 0 amide bonds. The number of rotatable bonds is 4. The maximum Gasteiger partial charge on any atom is 0.129 e. The molecule has 0 aliphatic carbocycles. The molecule has 1 heterocycles. The summed E-state index contributed by atoms with van der Waals surface area (Å²) in [7, 11) is 1.78. The summed E-state index contributed by atoms with van der Waals surface area (Å²) in [6.07, 6.45) is 2.09. The summed E-state index contributed by atoms with van der Waals surface area (Å²) in [5.74, 6) is -1.10. The molecule has 0 saturated heterocycles. The number of hydrogen-bond donors (Lipinski definition) is 1. The first kappa shape index (κ1) is 14.1. The Morgan fingerprint density at radius 2 is 2.11 bits per heavy atom. The van der Waals surface area contributed by atoms with Gasteiger partial charge in [-0.1, -0.05) is 6.07 Å². The smallest absolute Gasteiger partial charge is 0.129 e. The van der Waals surface area contributed by atoms with Crippen LogP contribution in [0.5, 0.6) is 0 Å². The van der Waals surface area contributed by atoms with Crippen LogP contribution < -0.4 is 5.32 Å². The fourth-order valence-electron chi connectivity index (χ4n) is 1.90. The number of hydrogen-bond acceptors (Lipinski definition) is 2. The quantitative estimate of drug-likeness (QED) is 0.928. The van der Waals surface area contributed by atoms with Crippen LogP contribution >= 0.6 is 15.9 Å². The van der Waals surface area contributed by atoms with Gasteiger partial charge in [0.05, 0.1) is 11.7 Å². The molecule has 1 aromatic heterocycles. The first-order valence-corrected chi connectivity index (χ1v) is 6.62. The van der Waals surface area contributed by atoms with Crippen LogP contribution in [0.25, 0.3) is 0 Å². The van der Waals surface area contributed by atoms with Gasteiger partial charge in [-0.05, 0) is 53.2 Å². The lowest BCUT2D eigenvalue weighted by molar-refractivity contribution is 0.533. The molecule has 0 spiro atoms. The number of nitrogens with zero attached hydrogens (tertiary/aromatic N) is 1. The number of aromatic nitrogens is 1. The molecule has 100 valence electrons. The van der Waals surface area contributed by atoms with Gasteiger partial charge >= 0.3 is 0 Å². The van der Waals surface area contributed by atoms with Gasteiger partial charge in [0.2, 0.25) is 0 Å². The third-order valence-corrected chi connectivity index (χ3v) is 3.58. The topological polar surface area (TPSA) is 24.9 Å². The lowest BCUT2D eigenvalue weighted by atomic mass is 10.0. The van der Waals surface area contributed by atoms with E-state index in [9.17, 15) is 8.78 Å². The van der Waals surface area contributed by atoms with Crippen molar-refractivity contribution in [2.45, 2.75) is 12.5 Å². The SMILES string of the molecule is CNC(Cc1ccc(F)cc1F)c1ncccc1Br. The van der Waals surface area contributed by atoms with Gasteiger partial charge in [0.1, 0.15) is 11.6 Å². The van der Waals surface area contributed by atoms with Gasteiger partial charge in [-0.15, -0.1) is 0 Å². The zero-order chi connectivity index (χ0) is 13.8. The Kier molecular flexibility index (Phi) is 4.61. The third kappa shape index (κ3) is 3.36. The van der Waals surface area contributed by atoms with Crippen molar-refractivity contribution in [3.8, 4) is 0 Å². The van der Waals surface area contributed by atoms with Gasteiger partial charge in [0.15, 0.2) is 0 Å². The van der Waals surface area contributed by atoms with E-state index in [1.54, 1.807) is 13.2 Å². The summed E-state index contributed by atoms with van der Waals surface area (Å²) in [6, 6.07) is 7.18. The van der Waals surface area contributed by atoms with Crippen LogP contribution in [0.1, 0.15) is 17.3 Å². The van der Waals surface area contributed by atoms with E-state index >= 15 is 0 Å². The fourth-order valence-corrected chi connectivity index (χ4v) is 2.43. The first-order valence-electron chi connectivity index (χ1n) is 5.83. The molecule has 1 unspecified atom stereocenters. The Morgan fingerprint density at radius 1 is 1.32 bits per heavy atom. The molecule has 0 aliphatic rings. The third-order valence-electron chi connectivity index (χ3n) is 2.90. The highest BCUT2D eigenvalue weighted by atomic mass is 79.9. The molecule has 0 fully saturated rings. The lowest BCUT2D eigenvalue weighted by Crippen LogP contribution is -2.21. The Balaban J connectivity index is 2.27. The molecule has 1 N–H and O–H groups in total. The normalized spacial score (nSPS) is 12.4. The maximum atomic E-state index is 13.7. The molecule has 2 nitrogen and oxygen atoms in total. The fraction of sp³-hybridized carbons (Fsp3) is 0.214. The molecule has 19 heavy (non-hydrogen) atoms. The molecular weight excluding hydrogens is 314 g/mol. The number of pyridine rings is 1. The highest BCUT2D eigenvalue weighted by Crippen LogP contribution is 2.24. The van der Waals surface area contributed by atoms with Crippen molar-refractivity contribution in [3.63, 3.8) is 0 Å². The van der Waals surface area contributed by atoms with Crippen molar-refractivity contribution in [1.29, 1.82) is 0 Å². The second kappa shape index (κ2) is 6.21. The number of benzene rings is 1. The number of nitrogens with one attached hydrogen (secondary N) is 1. The van der Waals surface area contributed by atoms with E-state index in [0.29, 0.717) is 12.0 Å². The summed E-state index contributed by atoms with van der Waals surface area (Å²) < 4.78 is 27.4. The van der Waals surface area contributed by atoms with Crippen LogP contribution in [0.3, 0.4) is 0 Å². The van der Waals surface area contributed by atoms with Gasteiger partial charge in [-0.3, -0.25) is 4.98 Å². The average Bonchev–Trinajstić information content (AvgIpc) is 2.39. The minimum atomic E-state index is -0.568. The van der Waals surface area contributed by atoms with Crippen LogP contribution in [-0.4, -0.2) is 12.0 Å². The van der Waals surface area contributed by atoms with Crippen LogP contribution in [0.4, 0.5) is 8.78 Å². The van der Waals surface area contributed by atoms with Crippen LogP contribution in [-0.2, 0) is 6.42 Å². The van der Waals surface area contributed by atoms with Gasteiger partial charge in [0, 0.05) is 16.7 Å². The van der Waals surface area contributed by atoms with E-state index in [4.69, 9.17) is 0 Å². The largest absolute Gasteiger partial charge is 0.311 e. The van der Waals surface area contributed by atoms with Crippen LogP contribution in [0, 0.1) is 11.6 Å². The molecule has 0 saturated carbocycles. The molecular formula is C14H13BrF2N2. The van der Waals surface area contributed by atoms with Gasteiger partial charge < -0.3 is 5.32 Å². The molecule has 0 aliphatic heterocycles. The minimum absolute atomic E-state index is 0.143. The van der Waals surface area contributed by atoms with Crippen LogP contribution in [0.15, 0.2) is 41.0 Å². The lowest BCUT2D eigenvalue weighted by Gasteiger charge is -2.17. The van der Waals surface area contributed by atoms with Crippen molar-refractivity contribution >= 4 is 15.9 Å². The molecule has 5 heteroatoms. The Bertz CT molecular complexity index is 575. The van der Waals surface area contributed by atoms with Crippen molar-refractivity contribution in [2.24, 2.45) is 0 Å². The van der Waals surface area contributed by atoms with E-state index in [1.165, 1.54) is 12.1 Å². The van der Waals surface area contributed by atoms with Crippen LogP contribution in [0.2, 0.25) is 0 Å². The monoisotopic (exact) mass is 326 g/mol. The molecule has 2 aromatic rings. The number of likely N-dealkylation sites (N-methyl/N-ethyl adjacent to an activating group) is 1. The average molecular weight is 327 g/mol. The molecule has 1 aromatic carbocycles. The summed E-state index contributed by atoms with van der Waals surface area (Å²) >= 11 is 3.42. The Labute approximate surface area is 119 Å². The maximum absolute atomic E-state index is 13.7. The van der Waals surface area contributed by atoms with Crippen molar-refractivity contribution in [2.75, 3.05) is 7.05 Å². The predicted molar refractivity (Wildman–Crippen MR) is 73.8 cm³/mol. The molecule has 0 radical (unpaired) electrons. The standard InChI is InChI=1S/C14H13BrF2N2/c1-18-13(14-11(15)3-2-6-19-14)7-9-4-5-10(16)8-12(9)17/h2-6,8,13,18H,7H2,1H3. The highest BCUT2D eigenvalue weighted by molar-refractivity contribution is 9.10. The first-order chi connectivity index (χ1) is 9.11. The summed E-state index contributed by atoms with van der Waals surface area (Å²) in [5.41, 5.74) is 1.26. The van der Waals surface area contributed by atoms with Gasteiger partial charge in [-0.2, -0.15) is 0 Å². The van der Waals surface area contributed by atoms with Gasteiger partial charge in [0.25, 0.3) is 0 Å². The zero-order valence-corrected chi connectivity index (χ0v) is 11.9. The second-order valence-corrected chi connectivity index (χ2v) is 5.01. The van der Waals surface area contributed by atoms with Crippen molar-refractivity contribution < 1.29 is 8.78 Å². The Morgan fingerprint density at radius 3 is 2.74 bits per heavy atom. The predicted octanol–water partition coefficient (Wildman–Crippen LogP) is 3.63. The molecule has 0 bridgehead atoms. The van der Waals surface area contributed by atoms with Gasteiger partial charge in [-0.25, -0.2) is 8.78 Å². The van der Waals surface area contributed by atoms with Crippen molar-refractivity contribution in [3.05, 3.63) is 63.9 Å². The zero-order valence-electron chi connectivity index (χ0n) is 10.3. The van der Waals surface area contributed by atoms with E-state index < -0.39 is 11.6 Å². The second-order valence-electron chi connectivity index (χ2n) is 4.15.